The summed E-state index contributed by atoms with van der Waals surface area (Å²) >= 11 is 3.53. The lowest BCUT2D eigenvalue weighted by Gasteiger charge is -2.32. The van der Waals surface area contributed by atoms with Crippen LogP contribution < -0.4 is 5.32 Å². The van der Waals surface area contributed by atoms with Crippen LogP contribution in [0.1, 0.15) is 66.5 Å². The fourth-order valence-electron chi connectivity index (χ4n) is 2.91. The molecule has 1 aliphatic heterocycles. The second-order valence-corrected chi connectivity index (χ2v) is 10.3. The number of ether oxygens (including phenoxy) is 1. The molecule has 1 amide bonds. The van der Waals surface area contributed by atoms with Gasteiger partial charge in [-0.1, -0.05) is 35.0 Å². The van der Waals surface area contributed by atoms with Gasteiger partial charge in [0.1, 0.15) is 5.60 Å². The average molecular weight is 466 g/mol. The van der Waals surface area contributed by atoms with E-state index < -0.39 is 30.0 Å². The van der Waals surface area contributed by atoms with Crippen LogP contribution in [0, 0.1) is 0 Å². The molecule has 1 N–H and O–H groups in total. The fraction of sp³-hybridized carbons (Fsp3) is 0.591. The molecule has 0 aliphatic carbocycles. The van der Waals surface area contributed by atoms with Crippen molar-refractivity contribution in [1.82, 2.24) is 5.32 Å². The Bertz CT molecular complexity index is 768. The molecule has 1 aromatic carbocycles. The van der Waals surface area contributed by atoms with Crippen molar-refractivity contribution < 1.29 is 18.8 Å². The smallest absolute Gasteiger partial charge is 0.444 e. The van der Waals surface area contributed by atoms with Crippen molar-refractivity contribution in [2.45, 2.75) is 78.6 Å². The van der Waals surface area contributed by atoms with Gasteiger partial charge in [0.25, 0.3) is 0 Å². The van der Waals surface area contributed by atoms with Gasteiger partial charge in [0.15, 0.2) is 0 Å². The summed E-state index contributed by atoms with van der Waals surface area (Å²) < 4.78 is 18.9. The van der Waals surface area contributed by atoms with Gasteiger partial charge in [0.05, 0.1) is 11.2 Å². The van der Waals surface area contributed by atoms with E-state index in [1.807, 2.05) is 60.6 Å². The maximum absolute atomic E-state index is 12.2. The molecule has 5 nitrogen and oxygen atoms in total. The highest BCUT2D eigenvalue weighted by Gasteiger charge is 2.52. The first-order chi connectivity index (χ1) is 13.2. The summed E-state index contributed by atoms with van der Waals surface area (Å²) in [6, 6.07) is 6.17. The Morgan fingerprint density at radius 2 is 1.79 bits per heavy atom. The number of aryl methyl sites for hydroxylation is 1. The molecule has 0 saturated carbocycles. The number of halogens is 1. The van der Waals surface area contributed by atoms with Crippen molar-refractivity contribution in [3.05, 3.63) is 39.3 Å². The Morgan fingerprint density at radius 1 is 1.21 bits per heavy atom. The summed E-state index contributed by atoms with van der Waals surface area (Å²) in [7, 11) is -0.553. The molecule has 1 aromatic rings. The molecule has 0 atom stereocenters. The number of amides is 1. The molecule has 1 saturated heterocycles. The minimum Gasteiger partial charge on any atom is -0.444 e. The molecule has 2 rings (SSSR count). The monoisotopic (exact) mass is 465 g/mol. The van der Waals surface area contributed by atoms with Crippen molar-refractivity contribution >= 4 is 35.2 Å². The molecule has 0 bridgehead atoms. The molecule has 1 fully saturated rings. The van der Waals surface area contributed by atoms with Crippen LogP contribution in [-0.2, 0) is 20.5 Å². The normalized spacial score (nSPS) is 18.7. The highest BCUT2D eigenvalue weighted by molar-refractivity contribution is 9.10. The standard InChI is InChI=1S/C22H33BBrNO4/c1-9-15-13-18(24)11-10-16(15)12-17(14-25-19(26)27-20(2,3)4)23-28-21(5,6)22(7,8)29-23/h10-13H,9,14H2,1-8H3,(H,25,26). The van der Waals surface area contributed by atoms with Gasteiger partial charge < -0.3 is 19.4 Å². The van der Waals surface area contributed by atoms with Crippen molar-refractivity contribution in [3.63, 3.8) is 0 Å². The van der Waals surface area contributed by atoms with Crippen LogP contribution in [0.4, 0.5) is 4.79 Å². The number of carbonyl (C=O) groups is 1. The molecular formula is C22H33BBrNO4. The molecule has 0 aromatic heterocycles. The first-order valence-electron chi connectivity index (χ1n) is 10.1. The molecule has 0 spiro atoms. The van der Waals surface area contributed by atoms with Crippen LogP contribution in [-0.4, -0.2) is 36.6 Å². The fourth-order valence-corrected chi connectivity index (χ4v) is 3.31. The third kappa shape index (κ3) is 6.33. The summed E-state index contributed by atoms with van der Waals surface area (Å²) in [6.07, 6.45) is 2.47. The highest BCUT2D eigenvalue weighted by Crippen LogP contribution is 2.39. The minimum absolute atomic E-state index is 0.269. The number of benzene rings is 1. The van der Waals surface area contributed by atoms with Crippen LogP contribution in [0.5, 0.6) is 0 Å². The van der Waals surface area contributed by atoms with E-state index in [9.17, 15) is 4.79 Å². The van der Waals surface area contributed by atoms with Crippen LogP contribution in [0.3, 0.4) is 0 Å². The van der Waals surface area contributed by atoms with Crippen molar-refractivity contribution in [2.24, 2.45) is 0 Å². The van der Waals surface area contributed by atoms with Crippen molar-refractivity contribution in [1.29, 1.82) is 0 Å². The highest BCUT2D eigenvalue weighted by atomic mass is 79.9. The first kappa shape index (κ1) is 24.0. The summed E-state index contributed by atoms with van der Waals surface area (Å²) in [5.74, 6) is 0. The molecule has 1 aliphatic rings. The maximum Gasteiger partial charge on any atom is 0.492 e. The summed E-state index contributed by atoms with van der Waals surface area (Å²) in [5.41, 5.74) is 1.63. The van der Waals surface area contributed by atoms with Gasteiger partial charge in [0.2, 0.25) is 0 Å². The maximum atomic E-state index is 12.2. The van der Waals surface area contributed by atoms with E-state index in [1.165, 1.54) is 5.56 Å². The lowest BCUT2D eigenvalue weighted by molar-refractivity contribution is 0.00578. The third-order valence-corrected chi connectivity index (χ3v) is 5.71. The zero-order chi connectivity index (χ0) is 22.0. The number of alkyl carbamates (subject to hydrolysis) is 1. The topological polar surface area (TPSA) is 56.8 Å². The quantitative estimate of drug-likeness (QED) is 0.579. The summed E-state index contributed by atoms with van der Waals surface area (Å²) in [5, 5.41) is 2.84. The molecule has 29 heavy (non-hydrogen) atoms. The van der Waals surface area contributed by atoms with Gasteiger partial charge >= 0.3 is 13.2 Å². The zero-order valence-electron chi connectivity index (χ0n) is 18.8. The Morgan fingerprint density at radius 3 is 2.31 bits per heavy atom. The number of hydrogen-bond acceptors (Lipinski definition) is 4. The Hall–Kier alpha value is -1.31. The number of nitrogens with one attached hydrogen (secondary N) is 1. The van der Waals surface area contributed by atoms with Gasteiger partial charge in [-0.05, 0) is 83.6 Å². The second-order valence-electron chi connectivity index (χ2n) is 9.36. The molecule has 7 heteroatoms. The minimum atomic E-state index is -0.556. The van der Waals surface area contributed by atoms with Gasteiger partial charge in [-0.15, -0.1) is 0 Å². The Kier molecular flexibility index (Phi) is 7.29. The van der Waals surface area contributed by atoms with E-state index in [0.29, 0.717) is 0 Å². The molecule has 160 valence electrons. The van der Waals surface area contributed by atoms with Gasteiger partial charge in [-0.3, -0.25) is 0 Å². The van der Waals surface area contributed by atoms with Crippen LogP contribution in [0.2, 0.25) is 0 Å². The zero-order valence-corrected chi connectivity index (χ0v) is 20.4. The van der Waals surface area contributed by atoms with E-state index in [2.05, 4.69) is 40.3 Å². The third-order valence-electron chi connectivity index (χ3n) is 5.22. The number of rotatable bonds is 5. The summed E-state index contributed by atoms with van der Waals surface area (Å²) in [4.78, 5) is 12.2. The van der Waals surface area contributed by atoms with E-state index in [4.69, 9.17) is 14.0 Å². The number of carbonyl (C=O) groups excluding carboxylic acids is 1. The Labute approximate surface area is 183 Å². The predicted octanol–water partition coefficient (Wildman–Crippen LogP) is 5.55. The van der Waals surface area contributed by atoms with Crippen LogP contribution in [0.15, 0.2) is 28.1 Å². The lowest BCUT2D eigenvalue weighted by Crippen LogP contribution is -2.41. The molecule has 1 heterocycles. The van der Waals surface area contributed by atoms with E-state index >= 15 is 0 Å². The predicted molar refractivity (Wildman–Crippen MR) is 122 cm³/mol. The van der Waals surface area contributed by atoms with E-state index in [-0.39, 0.29) is 6.54 Å². The van der Waals surface area contributed by atoms with Crippen molar-refractivity contribution in [2.75, 3.05) is 6.54 Å². The summed E-state index contributed by atoms with van der Waals surface area (Å²) in [6.45, 7) is 16.0. The largest absolute Gasteiger partial charge is 0.492 e. The Balaban J connectivity index is 2.33. The van der Waals surface area contributed by atoms with Gasteiger partial charge in [-0.2, -0.15) is 0 Å². The molecule has 0 unspecified atom stereocenters. The van der Waals surface area contributed by atoms with Crippen molar-refractivity contribution in [3.8, 4) is 0 Å². The van der Waals surface area contributed by atoms with Crippen LogP contribution >= 0.6 is 15.9 Å². The second kappa shape index (κ2) is 8.82. The van der Waals surface area contributed by atoms with Gasteiger partial charge in [0, 0.05) is 11.0 Å². The SMILES string of the molecule is CCc1cc(Br)ccc1C=C(CNC(=O)OC(C)(C)C)B1OC(C)(C)C(C)(C)O1. The van der Waals surface area contributed by atoms with Gasteiger partial charge in [-0.25, -0.2) is 4.79 Å². The van der Waals surface area contributed by atoms with E-state index in [1.54, 1.807) is 0 Å². The lowest BCUT2D eigenvalue weighted by atomic mass is 9.76. The molecule has 0 radical (unpaired) electrons. The average Bonchev–Trinajstić information content (AvgIpc) is 2.78. The molecular weight excluding hydrogens is 433 g/mol. The van der Waals surface area contributed by atoms with Crippen LogP contribution in [0.25, 0.3) is 6.08 Å². The van der Waals surface area contributed by atoms with E-state index in [0.717, 1.165) is 21.9 Å². The number of hydrogen-bond donors (Lipinski definition) is 1. The first-order valence-corrected chi connectivity index (χ1v) is 10.8.